The maximum Gasteiger partial charge on any atom is 0.459 e. The van der Waals surface area contributed by atoms with Crippen molar-refractivity contribution in [1.82, 2.24) is 0 Å². The van der Waals surface area contributed by atoms with Gasteiger partial charge in [0, 0.05) is 5.02 Å². The van der Waals surface area contributed by atoms with Crippen LogP contribution in [0.25, 0.3) is 0 Å². The molecule has 108 valence electrons. The molecule has 1 atom stereocenters. The number of aliphatic hydroxyl groups is 1. The van der Waals surface area contributed by atoms with Gasteiger partial charge in [-0.25, -0.2) is 0 Å². The van der Waals surface area contributed by atoms with Crippen molar-refractivity contribution in [2.75, 3.05) is 0 Å². The van der Waals surface area contributed by atoms with E-state index in [1.54, 1.807) is 0 Å². The molecular formula is C10H6ClF7O. The van der Waals surface area contributed by atoms with Gasteiger partial charge in [0.15, 0.2) is 0 Å². The molecule has 0 saturated heterocycles. The highest BCUT2D eigenvalue weighted by Gasteiger charge is 2.75. The molecule has 0 aromatic heterocycles. The minimum atomic E-state index is -6.48. The molecule has 1 nitrogen and oxygen atoms in total. The summed E-state index contributed by atoms with van der Waals surface area (Å²) in [4.78, 5) is 0. The van der Waals surface area contributed by atoms with Crippen molar-refractivity contribution in [1.29, 1.82) is 0 Å². The van der Waals surface area contributed by atoms with Crippen molar-refractivity contribution in [3.8, 4) is 0 Å². The molecule has 0 aliphatic carbocycles. The Morgan fingerprint density at radius 3 is 1.68 bits per heavy atom. The molecule has 1 N–H and O–H groups in total. The van der Waals surface area contributed by atoms with Crippen molar-refractivity contribution < 1.29 is 35.8 Å². The van der Waals surface area contributed by atoms with Crippen LogP contribution in [0, 0.1) is 0 Å². The smallest absolute Gasteiger partial charge is 0.382 e. The Kier molecular flexibility index (Phi) is 4.07. The van der Waals surface area contributed by atoms with E-state index >= 15 is 0 Å². The van der Waals surface area contributed by atoms with Crippen molar-refractivity contribution >= 4 is 11.6 Å². The summed E-state index contributed by atoms with van der Waals surface area (Å²) in [6, 6.07) is 3.41. The van der Waals surface area contributed by atoms with Gasteiger partial charge in [-0.1, -0.05) is 23.7 Å². The number of halogens is 8. The Labute approximate surface area is 107 Å². The van der Waals surface area contributed by atoms with Crippen LogP contribution in [0.2, 0.25) is 5.02 Å². The quantitative estimate of drug-likeness (QED) is 0.829. The molecule has 19 heavy (non-hydrogen) atoms. The van der Waals surface area contributed by atoms with Crippen LogP contribution < -0.4 is 0 Å². The summed E-state index contributed by atoms with van der Waals surface area (Å²) in [7, 11) is 0. The third-order valence-electron chi connectivity index (χ3n) is 2.30. The first-order chi connectivity index (χ1) is 8.41. The first-order valence-corrected chi connectivity index (χ1v) is 5.05. The van der Waals surface area contributed by atoms with Gasteiger partial charge < -0.3 is 5.11 Å². The fourth-order valence-corrected chi connectivity index (χ4v) is 1.34. The molecule has 0 heterocycles. The van der Waals surface area contributed by atoms with Crippen LogP contribution in [-0.2, 0) is 0 Å². The Morgan fingerprint density at radius 2 is 1.32 bits per heavy atom. The molecule has 0 aliphatic heterocycles. The molecule has 1 unspecified atom stereocenters. The molecule has 0 aliphatic rings. The highest BCUT2D eigenvalue weighted by atomic mass is 35.5. The largest absolute Gasteiger partial charge is 0.459 e. The highest BCUT2D eigenvalue weighted by Crippen LogP contribution is 2.51. The van der Waals surface area contributed by atoms with Gasteiger partial charge in [0.1, 0.15) is 6.10 Å². The summed E-state index contributed by atoms with van der Waals surface area (Å²) >= 11 is 5.40. The van der Waals surface area contributed by atoms with Crippen molar-refractivity contribution in [3.63, 3.8) is 0 Å². The minimum absolute atomic E-state index is 0.0434. The number of alkyl halides is 7. The molecule has 0 spiro atoms. The third-order valence-corrected chi connectivity index (χ3v) is 2.56. The molecule has 1 rings (SSSR count). The van der Waals surface area contributed by atoms with Crippen LogP contribution >= 0.6 is 11.6 Å². The molecule has 0 fully saturated rings. The Morgan fingerprint density at radius 1 is 0.895 bits per heavy atom. The molecule has 0 amide bonds. The van der Waals surface area contributed by atoms with E-state index in [2.05, 4.69) is 0 Å². The molecule has 1 aromatic carbocycles. The fourth-order valence-electron chi connectivity index (χ4n) is 1.22. The van der Waals surface area contributed by atoms with Gasteiger partial charge in [-0.2, -0.15) is 30.7 Å². The fraction of sp³-hybridized carbons (Fsp3) is 0.400. The zero-order valence-electron chi connectivity index (χ0n) is 8.86. The topological polar surface area (TPSA) is 20.2 Å². The van der Waals surface area contributed by atoms with Gasteiger partial charge >= 0.3 is 18.0 Å². The second-order valence-electron chi connectivity index (χ2n) is 3.65. The lowest BCUT2D eigenvalue weighted by Crippen LogP contribution is -2.54. The molecule has 0 bridgehead atoms. The van der Waals surface area contributed by atoms with Gasteiger partial charge in [-0.15, -0.1) is 0 Å². The molecule has 0 saturated carbocycles. The monoisotopic (exact) mass is 310 g/mol. The lowest BCUT2D eigenvalue weighted by atomic mass is 9.98. The van der Waals surface area contributed by atoms with E-state index in [0.29, 0.717) is 0 Å². The first kappa shape index (κ1) is 16.0. The predicted molar refractivity (Wildman–Crippen MR) is 52.4 cm³/mol. The third kappa shape index (κ3) is 2.79. The van der Waals surface area contributed by atoms with Gasteiger partial charge in [-0.05, 0) is 17.7 Å². The number of hydrogen-bond acceptors (Lipinski definition) is 1. The van der Waals surface area contributed by atoms with Crippen molar-refractivity contribution in [3.05, 3.63) is 34.9 Å². The predicted octanol–water partition coefficient (Wildman–Crippen LogP) is 4.21. The van der Waals surface area contributed by atoms with E-state index in [9.17, 15) is 30.7 Å². The molecule has 9 heteroatoms. The van der Waals surface area contributed by atoms with Crippen LogP contribution in [-0.4, -0.2) is 23.1 Å². The number of rotatable bonds is 3. The zero-order valence-corrected chi connectivity index (χ0v) is 9.61. The summed E-state index contributed by atoms with van der Waals surface area (Å²) in [5.74, 6) is -12.1. The number of aliphatic hydroxyl groups excluding tert-OH is 1. The minimum Gasteiger partial charge on any atom is -0.382 e. The SMILES string of the molecule is OC(c1ccc(Cl)cc1)C(F)(F)C(F)(F)C(F)(F)F. The van der Waals surface area contributed by atoms with Crippen LogP contribution in [0.15, 0.2) is 24.3 Å². The normalized spacial score (nSPS) is 15.4. The summed E-state index contributed by atoms with van der Waals surface area (Å²) in [5.41, 5.74) is -0.807. The van der Waals surface area contributed by atoms with Gasteiger partial charge in [-0.3, -0.25) is 0 Å². The van der Waals surface area contributed by atoms with Crippen molar-refractivity contribution in [2.24, 2.45) is 0 Å². The Hall–Kier alpha value is -1.02. The second kappa shape index (κ2) is 4.82. The van der Waals surface area contributed by atoms with Gasteiger partial charge in [0.05, 0.1) is 0 Å². The van der Waals surface area contributed by atoms with Crippen LogP contribution in [0.4, 0.5) is 30.7 Å². The average molecular weight is 311 g/mol. The van der Waals surface area contributed by atoms with Gasteiger partial charge in [0.2, 0.25) is 0 Å². The average Bonchev–Trinajstić information content (AvgIpc) is 2.27. The van der Waals surface area contributed by atoms with Crippen LogP contribution in [0.3, 0.4) is 0 Å². The summed E-state index contributed by atoms with van der Waals surface area (Å²) in [6.45, 7) is 0. The maximum absolute atomic E-state index is 13.1. The lowest BCUT2D eigenvalue weighted by Gasteiger charge is -2.31. The molecule has 1 aromatic rings. The van der Waals surface area contributed by atoms with Crippen LogP contribution in [0.1, 0.15) is 11.7 Å². The van der Waals surface area contributed by atoms with E-state index in [1.165, 1.54) is 0 Å². The molecule has 0 radical (unpaired) electrons. The van der Waals surface area contributed by atoms with Gasteiger partial charge in [0.25, 0.3) is 0 Å². The number of hydrogen-bond donors (Lipinski definition) is 1. The maximum atomic E-state index is 13.1. The van der Waals surface area contributed by atoms with E-state index in [1.807, 2.05) is 0 Å². The van der Waals surface area contributed by atoms with E-state index in [4.69, 9.17) is 16.7 Å². The summed E-state index contributed by atoms with van der Waals surface area (Å²) in [5, 5.41) is 9.11. The van der Waals surface area contributed by atoms with Crippen molar-refractivity contribution in [2.45, 2.75) is 24.1 Å². The Balaban J connectivity index is 3.16. The second-order valence-corrected chi connectivity index (χ2v) is 4.09. The zero-order chi connectivity index (χ0) is 15.1. The van der Waals surface area contributed by atoms with E-state index in [0.717, 1.165) is 24.3 Å². The highest BCUT2D eigenvalue weighted by molar-refractivity contribution is 6.30. The van der Waals surface area contributed by atoms with Crippen LogP contribution in [0.5, 0.6) is 0 Å². The number of benzene rings is 1. The van der Waals surface area contributed by atoms with E-state index in [-0.39, 0.29) is 5.02 Å². The Bertz CT molecular complexity index is 440. The summed E-state index contributed by atoms with van der Waals surface area (Å²) in [6.07, 6.45) is -9.80. The first-order valence-electron chi connectivity index (χ1n) is 4.67. The lowest BCUT2D eigenvalue weighted by molar-refractivity contribution is -0.372. The summed E-state index contributed by atoms with van der Waals surface area (Å²) < 4.78 is 87.3. The molecular weight excluding hydrogens is 305 g/mol. The standard InChI is InChI=1S/C10H6ClF7O/c11-6-3-1-5(2-4-6)7(19)8(12,13)9(14,15)10(16,17)18/h1-4,7,19H. The van der Waals surface area contributed by atoms with E-state index < -0.39 is 29.7 Å².